The fourth-order valence-electron chi connectivity index (χ4n) is 3.34. The number of halogens is 1. The van der Waals surface area contributed by atoms with E-state index < -0.39 is 17.2 Å². The van der Waals surface area contributed by atoms with E-state index in [2.05, 4.69) is 11.9 Å². The van der Waals surface area contributed by atoms with Gasteiger partial charge in [0.2, 0.25) is 0 Å². The largest absolute Gasteiger partial charge is 0.481 e. The van der Waals surface area contributed by atoms with Gasteiger partial charge < -0.3 is 5.11 Å². The first-order valence-electron chi connectivity index (χ1n) is 7.38. The summed E-state index contributed by atoms with van der Waals surface area (Å²) in [6.07, 6.45) is 8.72. The van der Waals surface area contributed by atoms with Crippen LogP contribution in [0.5, 0.6) is 0 Å². The molecular weight excluding hydrogens is 257 g/mol. The van der Waals surface area contributed by atoms with Crippen molar-refractivity contribution in [3.8, 4) is 0 Å². The summed E-state index contributed by atoms with van der Waals surface area (Å²) in [5.41, 5.74) is -0.0546. The van der Waals surface area contributed by atoms with Crippen LogP contribution >= 0.6 is 0 Å². The molecule has 1 aliphatic carbocycles. The normalized spacial score (nSPS) is 26.4. The number of carboxylic acids is 1. The van der Waals surface area contributed by atoms with Gasteiger partial charge in [-0.2, -0.15) is 0 Å². The van der Waals surface area contributed by atoms with E-state index in [1.54, 1.807) is 6.20 Å². The highest BCUT2D eigenvalue weighted by Crippen LogP contribution is 2.43. The van der Waals surface area contributed by atoms with Crippen LogP contribution in [0.2, 0.25) is 0 Å². The molecule has 0 amide bonds. The quantitative estimate of drug-likeness (QED) is 0.891. The second-order valence-electron chi connectivity index (χ2n) is 6.01. The summed E-state index contributed by atoms with van der Waals surface area (Å²) in [5.74, 6) is -0.502. The monoisotopic (exact) mass is 279 g/mol. The van der Waals surface area contributed by atoms with E-state index in [-0.39, 0.29) is 0 Å². The molecule has 3 nitrogen and oxygen atoms in total. The first-order valence-corrected chi connectivity index (χ1v) is 7.38. The molecule has 1 aromatic heterocycles. The van der Waals surface area contributed by atoms with Crippen LogP contribution in [-0.4, -0.2) is 16.1 Å². The Hall–Kier alpha value is -1.45. The maximum absolute atomic E-state index is 13.2. The molecule has 1 N–H and O–H groups in total. The van der Waals surface area contributed by atoms with E-state index in [0.29, 0.717) is 30.7 Å². The molecule has 1 aromatic rings. The predicted molar refractivity (Wildman–Crippen MR) is 74.8 cm³/mol. The minimum absolute atomic E-state index is 0.381. The maximum atomic E-state index is 13.2. The molecule has 0 saturated heterocycles. The van der Waals surface area contributed by atoms with Crippen molar-refractivity contribution in [3.63, 3.8) is 0 Å². The molecule has 1 saturated carbocycles. The number of rotatable bonds is 5. The molecule has 0 aromatic carbocycles. The third-order valence-electron chi connectivity index (χ3n) is 4.52. The maximum Gasteiger partial charge on any atom is 0.309 e. The van der Waals surface area contributed by atoms with Gasteiger partial charge in [-0.1, -0.05) is 19.8 Å². The Labute approximate surface area is 119 Å². The molecule has 0 atom stereocenters. The molecule has 0 aliphatic heterocycles. The number of hydrogen-bond acceptors (Lipinski definition) is 2. The predicted octanol–water partition coefficient (Wildman–Crippen LogP) is 3.82. The Morgan fingerprint density at radius 3 is 2.70 bits per heavy atom. The second kappa shape index (κ2) is 6.33. The molecule has 2 rings (SSSR count). The van der Waals surface area contributed by atoms with E-state index in [1.165, 1.54) is 12.5 Å². The third kappa shape index (κ3) is 3.35. The van der Waals surface area contributed by atoms with Crippen LogP contribution in [-0.2, 0) is 11.2 Å². The molecule has 4 heteroatoms. The van der Waals surface area contributed by atoms with Crippen LogP contribution in [0.25, 0.3) is 0 Å². The number of pyridine rings is 1. The summed E-state index contributed by atoms with van der Waals surface area (Å²) in [7, 11) is 0. The average molecular weight is 279 g/mol. The van der Waals surface area contributed by atoms with Crippen LogP contribution in [0, 0.1) is 17.2 Å². The van der Waals surface area contributed by atoms with Crippen molar-refractivity contribution in [1.29, 1.82) is 0 Å². The summed E-state index contributed by atoms with van der Waals surface area (Å²) in [6, 6.07) is 1.40. The molecule has 0 radical (unpaired) electrons. The van der Waals surface area contributed by atoms with Gasteiger partial charge in [0.15, 0.2) is 0 Å². The van der Waals surface area contributed by atoms with Gasteiger partial charge in [-0.05, 0) is 49.7 Å². The van der Waals surface area contributed by atoms with Gasteiger partial charge >= 0.3 is 5.97 Å². The smallest absolute Gasteiger partial charge is 0.309 e. The van der Waals surface area contributed by atoms with Crippen LogP contribution in [0.3, 0.4) is 0 Å². The lowest BCUT2D eigenvalue weighted by atomic mass is 9.67. The fourth-order valence-corrected chi connectivity index (χ4v) is 3.34. The summed E-state index contributed by atoms with van der Waals surface area (Å²) < 4.78 is 13.2. The Kier molecular flexibility index (Phi) is 4.73. The highest BCUT2D eigenvalue weighted by atomic mass is 19.1. The number of aromatic nitrogens is 1. The number of carbonyl (C=O) groups is 1. The first-order chi connectivity index (χ1) is 9.55. The van der Waals surface area contributed by atoms with Crippen LogP contribution in [0.15, 0.2) is 18.5 Å². The van der Waals surface area contributed by atoms with E-state index in [9.17, 15) is 14.3 Å². The van der Waals surface area contributed by atoms with E-state index in [4.69, 9.17) is 0 Å². The van der Waals surface area contributed by atoms with Crippen molar-refractivity contribution >= 4 is 5.97 Å². The Morgan fingerprint density at radius 1 is 1.45 bits per heavy atom. The summed E-state index contributed by atoms with van der Waals surface area (Å²) in [6.45, 7) is 2.16. The van der Waals surface area contributed by atoms with Crippen LogP contribution in [0.1, 0.15) is 51.0 Å². The van der Waals surface area contributed by atoms with Crippen molar-refractivity contribution in [2.75, 3.05) is 0 Å². The lowest BCUT2D eigenvalue weighted by molar-refractivity contribution is -0.151. The minimum Gasteiger partial charge on any atom is -0.481 e. The topological polar surface area (TPSA) is 50.2 Å². The summed E-state index contributed by atoms with van der Waals surface area (Å²) >= 11 is 0. The van der Waals surface area contributed by atoms with Crippen LogP contribution in [0.4, 0.5) is 4.39 Å². The van der Waals surface area contributed by atoms with Gasteiger partial charge in [-0.3, -0.25) is 9.78 Å². The lowest BCUT2D eigenvalue weighted by Gasteiger charge is -2.37. The molecular formula is C16H22FNO2. The standard InChI is InChI=1S/C16H22FNO2/c1-2-3-12-4-6-16(7-5-12,15(19)20)9-13-8-14(17)11-18-10-13/h8,10-12H,2-7,9H2,1H3,(H,19,20). The van der Waals surface area contributed by atoms with E-state index in [1.807, 2.05) is 0 Å². The highest BCUT2D eigenvalue weighted by Gasteiger charge is 2.41. The van der Waals surface area contributed by atoms with Crippen molar-refractivity contribution in [3.05, 3.63) is 29.8 Å². The lowest BCUT2D eigenvalue weighted by Crippen LogP contribution is -2.37. The first kappa shape index (κ1) is 14.9. The van der Waals surface area contributed by atoms with Crippen molar-refractivity contribution in [2.24, 2.45) is 11.3 Å². The molecule has 0 spiro atoms. The van der Waals surface area contributed by atoms with Crippen molar-refractivity contribution in [1.82, 2.24) is 4.98 Å². The zero-order valence-corrected chi connectivity index (χ0v) is 11.9. The molecule has 1 fully saturated rings. The highest BCUT2D eigenvalue weighted by molar-refractivity contribution is 5.75. The minimum atomic E-state index is -0.753. The van der Waals surface area contributed by atoms with Gasteiger partial charge in [0.05, 0.1) is 11.6 Å². The number of hydrogen-bond donors (Lipinski definition) is 1. The molecule has 1 heterocycles. The van der Waals surface area contributed by atoms with E-state index >= 15 is 0 Å². The summed E-state index contributed by atoms with van der Waals surface area (Å²) in [5, 5.41) is 9.62. The number of carboxylic acid groups (broad SMARTS) is 1. The van der Waals surface area contributed by atoms with Gasteiger partial charge in [0.1, 0.15) is 5.82 Å². The van der Waals surface area contributed by atoms with Crippen molar-refractivity contribution in [2.45, 2.75) is 51.9 Å². The molecule has 1 aliphatic rings. The molecule has 0 bridgehead atoms. The zero-order chi connectivity index (χ0) is 14.6. The van der Waals surface area contributed by atoms with Gasteiger partial charge in [-0.15, -0.1) is 0 Å². The second-order valence-corrected chi connectivity index (χ2v) is 6.01. The SMILES string of the molecule is CCCC1CCC(Cc2cncc(F)c2)(C(=O)O)CC1. The number of nitrogens with zero attached hydrogens (tertiary/aromatic N) is 1. The number of aliphatic carboxylic acids is 1. The molecule has 110 valence electrons. The Balaban J connectivity index is 2.10. The fraction of sp³-hybridized carbons (Fsp3) is 0.625. The third-order valence-corrected chi connectivity index (χ3v) is 4.52. The van der Waals surface area contributed by atoms with Gasteiger partial charge in [-0.25, -0.2) is 4.39 Å². The van der Waals surface area contributed by atoms with Gasteiger partial charge in [0, 0.05) is 6.20 Å². The Morgan fingerprint density at radius 2 is 2.15 bits per heavy atom. The molecule has 20 heavy (non-hydrogen) atoms. The average Bonchev–Trinajstić information content (AvgIpc) is 2.41. The van der Waals surface area contributed by atoms with Crippen molar-refractivity contribution < 1.29 is 14.3 Å². The van der Waals surface area contributed by atoms with Crippen LogP contribution < -0.4 is 0 Å². The van der Waals surface area contributed by atoms with Gasteiger partial charge in [0.25, 0.3) is 0 Å². The molecule has 0 unspecified atom stereocenters. The zero-order valence-electron chi connectivity index (χ0n) is 11.9. The summed E-state index contributed by atoms with van der Waals surface area (Å²) in [4.78, 5) is 15.5. The Bertz CT molecular complexity index is 467. The van der Waals surface area contributed by atoms with E-state index in [0.717, 1.165) is 25.5 Å².